The fourth-order valence-corrected chi connectivity index (χ4v) is 1.36. The van der Waals surface area contributed by atoms with Crippen LogP contribution in [0.3, 0.4) is 0 Å². The lowest BCUT2D eigenvalue weighted by Crippen LogP contribution is -2.34. The van der Waals surface area contributed by atoms with Gasteiger partial charge in [0.2, 0.25) is 5.91 Å². The first-order chi connectivity index (χ1) is 6.27. The van der Waals surface area contributed by atoms with Crippen molar-refractivity contribution in [1.29, 1.82) is 0 Å². The van der Waals surface area contributed by atoms with E-state index < -0.39 is 0 Å². The largest absolute Gasteiger partial charge is 0.370 e. The summed E-state index contributed by atoms with van der Waals surface area (Å²) in [5.74, 6) is -0.356. The summed E-state index contributed by atoms with van der Waals surface area (Å²) in [6.45, 7) is 0. The lowest BCUT2D eigenvalue weighted by molar-refractivity contribution is -0.117. The maximum atomic E-state index is 10.9. The second-order valence-electron chi connectivity index (χ2n) is 2.97. The van der Waals surface area contributed by atoms with Crippen molar-refractivity contribution in [2.45, 2.75) is 6.04 Å². The van der Waals surface area contributed by atoms with Gasteiger partial charge in [-0.3, -0.25) is 4.79 Å². The predicted octanol–water partition coefficient (Wildman–Crippen LogP) is 0.979. The van der Waals surface area contributed by atoms with Crippen molar-refractivity contribution in [3.05, 3.63) is 35.9 Å². The van der Waals surface area contributed by atoms with Gasteiger partial charge in [0.15, 0.2) is 0 Å². The van der Waals surface area contributed by atoms with Gasteiger partial charge >= 0.3 is 0 Å². The van der Waals surface area contributed by atoms with Crippen LogP contribution in [0.2, 0.25) is 0 Å². The van der Waals surface area contributed by atoms with E-state index in [9.17, 15) is 4.79 Å². The zero-order valence-corrected chi connectivity index (χ0v) is 7.03. The average Bonchev–Trinajstić information content (AvgIpc) is 2.17. The number of nitrogens with one attached hydrogen (secondary N) is 1. The Bertz CT molecular complexity index is 371. The van der Waals surface area contributed by atoms with E-state index in [1.165, 1.54) is 0 Å². The SMILES string of the molecule is NC(=O)[C@@H]1C=Cc2ccccc2N1. The van der Waals surface area contributed by atoms with Crippen LogP contribution in [0.15, 0.2) is 30.3 Å². The van der Waals surface area contributed by atoms with Gasteiger partial charge in [0.25, 0.3) is 0 Å². The molecule has 1 aromatic carbocycles. The molecule has 0 spiro atoms. The molecule has 3 nitrogen and oxygen atoms in total. The van der Waals surface area contributed by atoms with Crippen molar-refractivity contribution >= 4 is 17.7 Å². The first kappa shape index (κ1) is 7.86. The van der Waals surface area contributed by atoms with Crippen molar-refractivity contribution in [1.82, 2.24) is 0 Å². The summed E-state index contributed by atoms with van der Waals surface area (Å²) in [6.07, 6.45) is 3.67. The molecule has 0 unspecified atom stereocenters. The van der Waals surface area contributed by atoms with Gasteiger partial charge in [0.05, 0.1) is 0 Å². The summed E-state index contributed by atoms with van der Waals surface area (Å²) < 4.78 is 0. The molecule has 1 aromatic rings. The van der Waals surface area contributed by atoms with Gasteiger partial charge in [-0.1, -0.05) is 30.4 Å². The van der Waals surface area contributed by atoms with Gasteiger partial charge in [0, 0.05) is 5.69 Å². The quantitative estimate of drug-likeness (QED) is 0.666. The molecule has 0 radical (unpaired) electrons. The number of anilines is 1. The van der Waals surface area contributed by atoms with Gasteiger partial charge in [-0.05, 0) is 11.6 Å². The van der Waals surface area contributed by atoms with Gasteiger partial charge < -0.3 is 11.1 Å². The monoisotopic (exact) mass is 174 g/mol. The molecule has 1 aliphatic heterocycles. The van der Waals surface area contributed by atoms with Crippen LogP contribution < -0.4 is 11.1 Å². The maximum Gasteiger partial charge on any atom is 0.243 e. The third-order valence-corrected chi connectivity index (χ3v) is 2.05. The van der Waals surface area contributed by atoms with Gasteiger partial charge in [-0.2, -0.15) is 0 Å². The molecule has 3 heteroatoms. The lowest BCUT2D eigenvalue weighted by Gasteiger charge is -2.19. The van der Waals surface area contributed by atoms with Crippen molar-refractivity contribution in [3.63, 3.8) is 0 Å². The van der Waals surface area contributed by atoms with E-state index in [1.807, 2.05) is 30.3 Å². The van der Waals surface area contributed by atoms with Crippen LogP contribution >= 0.6 is 0 Å². The third-order valence-electron chi connectivity index (χ3n) is 2.05. The molecule has 1 aliphatic rings. The highest BCUT2D eigenvalue weighted by Crippen LogP contribution is 2.21. The second kappa shape index (κ2) is 2.94. The van der Waals surface area contributed by atoms with E-state index in [0.29, 0.717) is 0 Å². The van der Waals surface area contributed by atoms with E-state index in [0.717, 1.165) is 11.3 Å². The first-order valence-corrected chi connectivity index (χ1v) is 4.10. The summed E-state index contributed by atoms with van der Waals surface area (Å²) in [5, 5.41) is 3.04. The number of rotatable bonds is 1. The van der Waals surface area contributed by atoms with Crippen LogP contribution in [0, 0.1) is 0 Å². The van der Waals surface area contributed by atoms with E-state index in [2.05, 4.69) is 5.32 Å². The Morgan fingerprint density at radius 1 is 1.38 bits per heavy atom. The van der Waals surface area contributed by atoms with Crippen LogP contribution in [0.1, 0.15) is 5.56 Å². The van der Waals surface area contributed by atoms with E-state index >= 15 is 0 Å². The molecule has 66 valence electrons. The summed E-state index contributed by atoms with van der Waals surface area (Å²) in [7, 11) is 0. The highest BCUT2D eigenvalue weighted by molar-refractivity contribution is 5.89. The zero-order chi connectivity index (χ0) is 9.26. The molecule has 0 fully saturated rings. The number of nitrogens with two attached hydrogens (primary N) is 1. The molecule has 0 aliphatic carbocycles. The molecule has 1 atom stereocenters. The molecule has 0 bridgehead atoms. The fourth-order valence-electron chi connectivity index (χ4n) is 1.36. The number of carbonyl (C=O) groups is 1. The highest BCUT2D eigenvalue weighted by atomic mass is 16.1. The van der Waals surface area contributed by atoms with E-state index in [1.54, 1.807) is 6.08 Å². The van der Waals surface area contributed by atoms with Gasteiger partial charge in [0.1, 0.15) is 6.04 Å². The summed E-state index contributed by atoms with van der Waals surface area (Å²) >= 11 is 0. The molecular weight excluding hydrogens is 164 g/mol. The molecule has 1 amide bonds. The number of benzene rings is 1. The van der Waals surface area contributed by atoms with Crippen molar-refractivity contribution in [3.8, 4) is 0 Å². The molecule has 0 saturated carbocycles. The molecule has 3 N–H and O–H groups in total. The average molecular weight is 174 g/mol. The third kappa shape index (κ3) is 1.40. The lowest BCUT2D eigenvalue weighted by atomic mass is 10.1. The minimum Gasteiger partial charge on any atom is -0.370 e. The fraction of sp³-hybridized carbons (Fsp3) is 0.100. The predicted molar refractivity (Wildman–Crippen MR) is 52.1 cm³/mol. The molecule has 0 aromatic heterocycles. The summed E-state index contributed by atoms with van der Waals surface area (Å²) in [6, 6.07) is 7.40. The van der Waals surface area contributed by atoms with Crippen molar-refractivity contribution in [2.75, 3.05) is 5.32 Å². The molecule has 0 saturated heterocycles. The number of hydrogen-bond acceptors (Lipinski definition) is 2. The zero-order valence-electron chi connectivity index (χ0n) is 7.03. The Balaban J connectivity index is 2.34. The van der Waals surface area contributed by atoms with Crippen LogP contribution in [-0.2, 0) is 4.79 Å². The normalized spacial score (nSPS) is 18.9. The number of fused-ring (bicyclic) bond motifs is 1. The minimum atomic E-state index is -0.380. The maximum absolute atomic E-state index is 10.9. The molecular formula is C10H10N2O. The molecule has 2 rings (SSSR count). The Labute approximate surface area is 76.2 Å². The number of para-hydroxylation sites is 1. The van der Waals surface area contributed by atoms with E-state index in [-0.39, 0.29) is 11.9 Å². The van der Waals surface area contributed by atoms with Crippen LogP contribution in [0.25, 0.3) is 6.08 Å². The second-order valence-corrected chi connectivity index (χ2v) is 2.97. The molecule has 13 heavy (non-hydrogen) atoms. The van der Waals surface area contributed by atoms with Crippen LogP contribution in [0.4, 0.5) is 5.69 Å². The Hall–Kier alpha value is -1.77. The number of hydrogen-bond donors (Lipinski definition) is 2. The van der Waals surface area contributed by atoms with Gasteiger partial charge in [-0.25, -0.2) is 0 Å². The first-order valence-electron chi connectivity index (χ1n) is 4.10. The molecule has 1 heterocycles. The minimum absolute atomic E-state index is 0.356. The standard InChI is InChI=1S/C10H10N2O/c11-10(13)9-6-5-7-3-1-2-4-8(7)12-9/h1-6,9,12H,(H2,11,13)/t9-/m0/s1. The topological polar surface area (TPSA) is 55.1 Å². The van der Waals surface area contributed by atoms with Crippen LogP contribution in [-0.4, -0.2) is 11.9 Å². The van der Waals surface area contributed by atoms with E-state index in [4.69, 9.17) is 5.73 Å². The Morgan fingerprint density at radius 2 is 2.15 bits per heavy atom. The summed E-state index contributed by atoms with van der Waals surface area (Å²) in [4.78, 5) is 10.9. The van der Waals surface area contributed by atoms with Crippen LogP contribution in [0.5, 0.6) is 0 Å². The number of carbonyl (C=O) groups excluding carboxylic acids is 1. The number of amides is 1. The summed E-state index contributed by atoms with van der Waals surface area (Å²) in [5.41, 5.74) is 7.21. The Morgan fingerprint density at radius 3 is 2.92 bits per heavy atom. The highest BCUT2D eigenvalue weighted by Gasteiger charge is 2.15. The van der Waals surface area contributed by atoms with Crippen molar-refractivity contribution in [2.24, 2.45) is 5.73 Å². The Kier molecular flexibility index (Phi) is 1.77. The van der Waals surface area contributed by atoms with Gasteiger partial charge in [-0.15, -0.1) is 0 Å². The van der Waals surface area contributed by atoms with Crippen molar-refractivity contribution < 1.29 is 4.79 Å². The smallest absolute Gasteiger partial charge is 0.243 e. The number of primary amides is 1.